The number of hydrogen-bond acceptors (Lipinski definition) is 4. The number of hydrogen-bond donors (Lipinski definition) is 1. The van der Waals surface area contributed by atoms with Crippen LogP contribution in [0.5, 0.6) is 0 Å². The first-order chi connectivity index (χ1) is 13.2. The van der Waals surface area contributed by atoms with Gasteiger partial charge in [0.25, 0.3) is 6.02 Å². The molecule has 2 aromatic rings. The first kappa shape index (κ1) is 16.7. The van der Waals surface area contributed by atoms with Crippen molar-refractivity contribution < 1.29 is 13.5 Å². The normalized spacial score (nSPS) is 29.6. The molecular formula is C21H21F2N3O. The Kier molecular flexibility index (Phi) is 3.90. The molecule has 6 heteroatoms. The molecule has 140 valence electrons. The molecule has 27 heavy (non-hydrogen) atoms. The zero-order valence-electron chi connectivity index (χ0n) is 14.9. The summed E-state index contributed by atoms with van der Waals surface area (Å²) in [5.74, 6) is -0.264. The minimum Gasteiger partial charge on any atom is -0.452 e. The summed E-state index contributed by atoms with van der Waals surface area (Å²) in [5.41, 5.74) is 2.50. The highest BCUT2D eigenvalue weighted by atomic mass is 19.1. The Hall–Kier alpha value is -2.47. The highest BCUT2D eigenvalue weighted by molar-refractivity contribution is 5.78. The lowest BCUT2D eigenvalue weighted by Gasteiger charge is -2.39. The van der Waals surface area contributed by atoms with Crippen molar-refractivity contribution >= 4 is 6.02 Å². The monoisotopic (exact) mass is 369 g/mol. The summed E-state index contributed by atoms with van der Waals surface area (Å²) in [7, 11) is 0. The van der Waals surface area contributed by atoms with E-state index in [2.05, 4.69) is 27.3 Å². The number of halogens is 2. The number of aliphatic imine (C=N–C) groups is 1. The maximum atomic E-state index is 14.4. The van der Waals surface area contributed by atoms with Gasteiger partial charge in [-0.05, 0) is 35.2 Å². The lowest BCUT2D eigenvalue weighted by atomic mass is 9.88. The summed E-state index contributed by atoms with van der Waals surface area (Å²) in [6, 6.07) is 15.2. The topological polar surface area (TPSA) is 36.9 Å². The molecule has 3 heterocycles. The van der Waals surface area contributed by atoms with Gasteiger partial charge in [0.15, 0.2) is 11.8 Å². The lowest BCUT2D eigenvalue weighted by molar-refractivity contribution is 0.0238. The molecule has 0 aliphatic carbocycles. The van der Waals surface area contributed by atoms with Gasteiger partial charge < -0.3 is 15.0 Å². The predicted octanol–water partition coefficient (Wildman–Crippen LogP) is 2.84. The fraction of sp³-hybridized carbons (Fsp3) is 0.381. The van der Waals surface area contributed by atoms with E-state index in [0.29, 0.717) is 25.7 Å². The quantitative estimate of drug-likeness (QED) is 0.840. The van der Waals surface area contributed by atoms with Crippen LogP contribution in [-0.4, -0.2) is 48.9 Å². The number of nitrogens with one attached hydrogen (secondary N) is 1. The number of alkyl halides is 1. The van der Waals surface area contributed by atoms with Crippen LogP contribution in [0.15, 0.2) is 53.5 Å². The number of amidine groups is 1. The molecule has 2 aromatic carbocycles. The smallest absolute Gasteiger partial charge is 0.289 e. The molecule has 0 aromatic heterocycles. The van der Waals surface area contributed by atoms with E-state index in [4.69, 9.17) is 4.74 Å². The Morgan fingerprint density at radius 3 is 2.74 bits per heavy atom. The molecule has 3 atom stereocenters. The fourth-order valence-corrected chi connectivity index (χ4v) is 4.34. The molecule has 0 unspecified atom stereocenters. The van der Waals surface area contributed by atoms with Gasteiger partial charge in [0.2, 0.25) is 0 Å². The van der Waals surface area contributed by atoms with E-state index in [1.807, 2.05) is 12.1 Å². The fourth-order valence-electron chi connectivity index (χ4n) is 4.34. The van der Waals surface area contributed by atoms with E-state index in [9.17, 15) is 8.78 Å². The van der Waals surface area contributed by atoms with Crippen molar-refractivity contribution in [1.82, 2.24) is 10.2 Å². The zero-order valence-corrected chi connectivity index (χ0v) is 14.9. The van der Waals surface area contributed by atoms with Gasteiger partial charge in [0.1, 0.15) is 5.82 Å². The van der Waals surface area contributed by atoms with Crippen LogP contribution in [0.2, 0.25) is 0 Å². The minimum atomic E-state index is -1.07. The van der Waals surface area contributed by atoms with Gasteiger partial charge in [-0.2, -0.15) is 0 Å². The van der Waals surface area contributed by atoms with Gasteiger partial charge in [-0.15, -0.1) is 0 Å². The lowest BCUT2D eigenvalue weighted by Crippen LogP contribution is -2.47. The molecule has 1 N–H and O–H groups in total. The molecule has 0 saturated carbocycles. The number of benzene rings is 2. The van der Waals surface area contributed by atoms with Crippen molar-refractivity contribution in [3.63, 3.8) is 0 Å². The molecule has 4 nitrogen and oxygen atoms in total. The van der Waals surface area contributed by atoms with Crippen molar-refractivity contribution in [1.29, 1.82) is 0 Å². The van der Waals surface area contributed by atoms with Crippen LogP contribution < -0.4 is 5.32 Å². The van der Waals surface area contributed by atoms with Gasteiger partial charge >= 0.3 is 0 Å². The summed E-state index contributed by atoms with van der Waals surface area (Å²) in [5, 5.41) is 3.06. The van der Waals surface area contributed by atoms with E-state index in [1.165, 1.54) is 17.7 Å². The van der Waals surface area contributed by atoms with Gasteiger partial charge in [-0.25, -0.2) is 13.8 Å². The molecule has 5 rings (SSSR count). The average Bonchev–Trinajstić information content (AvgIpc) is 3.28. The van der Waals surface area contributed by atoms with Crippen LogP contribution in [0.4, 0.5) is 8.78 Å². The number of ether oxygens (including phenoxy) is 1. The third-order valence-electron chi connectivity index (χ3n) is 5.81. The van der Waals surface area contributed by atoms with E-state index in [1.54, 1.807) is 12.1 Å². The Bertz CT molecular complexity index is 885. The Morgan fingerprint density at radius 1 is 1.15 bits per heavy atom. The average molecular weight is 369 g/mol. The van der Waals surface area contributed by atoms with Crippen LogP contribution in [0.3, 0.4) is 0 Å². The van der Waals surface area contributed by atoms with E-state index >= 15 is 0 Å². The standard InChI is InChI=1S/C21H21F2N3O/c22-16-7-5-15(6-8-16)19-17-4-2-1-3-14(17)9-10-26(19)20-25-13-21(27-20)12-24-11-18(21)23/h1-8,18-19,24H,9-13H2/t18-,19-,21+/m0/s1. The number of rotatable bonds is 1. The SMILES string of the molecule is Fc1ccc([C@H]2c3ccccc3CCN2C2=NC[C@@]3(CNC[C@@H]3F)O2)cc1. The van der Waals surface area contributed by atoms with Crippen molar-refractivity contribution in [3.8, 4) is 0 Å². The largest absolute Gasteiger partial charge is 0.452 e. The third kappa shape index (κ3) is 2.70. The van der Waals surface area contributed by atoms with E-state index in [0.717, 1.165) is 24.1 Å². The molecule has 1 saturated heterocycles. The zero-order chi connectivity index (χ0) is 18.4. The van der Waals surface area contributed by atoms with Crippen LogP contribution in [0.25, 0.3) is 0 Å². The highest BCUT2D eigenvalue weighted by Gasteiger charge is 2.51. The molecule has 0 bridgehead atoms. The van der Waals surface area contributed by atoms with E-state index in [-0.39, 0.29) is 11.9 Å². The predicted molar refractivity (Wildman–Crippen MR) is 99.0 cm³/mol. The summed E-state index contributed by atoms with van der Waals surface area (Å²) in [6.45, 7) is 1.81. The Labute approximate surface area is 156 Å². The van der Waals surface area contributed by atoms with Gasteiger partial charge in [0.05, 0.1) is 12.6 Å². The molecule has 3 aliphatic rings. The molecule has 3 aliphatic heterocycles. The summed E-state index contributed by atoms with van der Waals surface area (Å²) < 4.78 is 34.0. The van der Waals surface area contributed by atoms with Gasteiger partial charge in [0, 0.05) is 19.6 Å². The van der Waals surface area contributed by atoms with Crippen LogP contribution in [-0.2, 0) is 11.2 Å². The van der Waals surface area contributed by atoms with Gasteiger partial charge in [-0.1, -0.05) is 36.4 Å². The maximum absolute atomic E-state index is 14.4. The molecule has 0 amide bonds. The highest BCUT2D eigenvalue weighted by Crippen LogP contribution is 2.38. The Morgan fingerprint density at radius 2 is 1.96 bits per heavy atom. The van der Waals surface area contributed by atoms with Crippen molar-refractivity contribution in [2.45, 2.75) is 24.2 Å². The van der Waals surface area contributed by atoms with E-state index < -0.39 is 11.8 Å². The second-order valence-corrected chi connectivity index (χ2v) is 7.46. The Balaban J connectivity index is 1.52. The first-order valence-corrected chi connectivity index (χ1v) is 9.34. The van der Waals surface area contributed by atoms with Crippen LogP contribution >= 0.6 is 0 Å². The number of fused-ring (bicyclic) bond motifs is 1. The second kappa shape index (κ2) is 6.30. The van der Waals surface area contributed by atoms with Crippen molar-refractivity contribution in [2.75, 3.05) is 26.2 Å². The molecular weight excluding hydrogens is 348 g/mol. The summed E-state index contributed by atoms with van der Waals surface area (Å²) in [4.78, 5) is 6.67. The molecule has 1 fully saturated rings. The summed E-state index contributed by atoms with van der Waals surface area (Å²) in [6.07, 6.45) is -0.208. The van der Waals surface area contributed by atoms with Crippen LogP contribution in [0.1, 0.15) is 22.7 Å². The summed E-state index contributed by atoms with van der Waals surface area (Å²) >= 11 is 0. The third-order valence-corrected chi connectivity index (χ3v) is 5.81. The van der Waals surface area contributed by atoms with Crippen LogP contribution in [0, 0.1) is 5.82 Å². The maximum Gasteiger partial charge on any atom is 0.289 e. The van der Waals surface area contributed by atoms with Crippen molar-refractivity contribution in [2.24, 2.45) is 4.99 Å². The minimum absolute atomic E-state index is 0.128. The molecule has 1 spiro atoms. The van der Waals surface area contributed by atoms with Gasteiger partial charge in [-0.3, -0.25) is 0 Å². The molecule has 0 radical (unpaired) electrons. The number of nitrogens with zero attached hydrogens (tertiary/aromatic N) is 2. The van der Waals surface area contributed by atoms with Crippen molar-refractivity contribution in [3.05, 3.63) is 71.0 Å². The first-order valence-electron chi connectivity index (χ1n) is 9.34. The second-order valence-electron chi connectivity index (χ2n) is 7.46.